The number of nitrogens with zero attached hydrogens (tertiary/aromatic N) is 2. The molecule has 10 heteroatoms. The Labute approximate surface area is 270 Å². The Kier molecular flexibility index (Phi) is 11.7. The maximum Gasteiger partial charge on any atom is 0.338 e. The van der Waals surface area contributed by atoms with Crippen LogP contribution < -0.4 is 11.1 Å². The zero-order chi connectivity index (χ0) is 33.4. The molecule has 0 bridgehead atoms. The summed E-state index contributed by atoms with van der Waals surface area (Å²) in [7, 11) is 0. The average molecular weight is 635 g/mol. The van der Waals surface area contributed by atoms with Gasteiger partial charge in [-0.3, -0.25) is 4.79 Å². The van der Waals surface area contributed by atoms with Crippen LogP contribution >= 0.6 is 0 Å². The minimum Gasteiger partial charge on any atom is -0.456 e. The van der Waals surface area contributed by atoms with Gasteiger partial charge in [0.2, 0.25) is 0 Å². The number of hydrogen-bond donors (Lipinski definition) is 2. The number of hydrogen-bond acceptors (Lipinski definition) is 7. The van der Waals surface area contributed by atoms with E-state index in [9.17, 15) is 18.4 Å². The number of esters is 1. The summed E-state index contributed by atoms with van der Waals surface area (Å²) in [5.74, 6) is 1.24. The predicted octanol–water partition coefficient (Wildman–Crippen LogP) is 5.77. The second-order valence-electron chi connectivity index (χ2n) is 12.6. The summed E-state index contributed by atoms with van der Waals surface area (Å²) in [5, 5.41) is 7.68. The van der Waals surface area contributed by atoms with E-state index in [0.717, 1.165) is 43.9 Å². The lowest BCUT2D eigenvalue weighted by atomic mass is 10.0. The molecule has 1 heterocycles. The average Bonchev–Trinajstić information content (AvgIpc) is 3.66. The van der Waals surface area contributed by atoms with E-state index in [1.165, 1.54) is 24.3 Å². The van der Waals surface area contributed by atoms with E-state index in [2.05, 4.69) is 30.2 Å². The van der Waals surface area contributed by atoms with Gasteiger partial charge in [-0.1, -0.05) is 38.8 Å². The highest BCUT2D eigenvalue weighted by molar-refractivity contribution is 5.98. The number of nitrogens with two attached hydrogens (primary N) is 1. The third-order valence-corrected chi connectivity index (χ3v) is 8.03. The fourth-order valence-electron chi connectivity index (χ4n) is 5.59. The van der Waals surface area contributed by atoms with Crippen LogP contribution in [-0.4, -0.2) is 53.7 Å². The highest BCUT2D eigenvalue weighted by Gasteiger charge is 2.48. The molecule has 0 radical (unpaired) electrons. The third-order valence-electron chi connectivity index (χ3n) is 8.03. The van der Waals surface area contributed by atoms with Crippen molar-refractivity contribution in [1.82, 2.24) is 15.4 Å². The maximum atomic E-state index is 14.0. The van der Waals surface area contributed by atoms with Gasteiger partial charge in [-0.15, -0.1) is 6.42 Å². The molecule has 1 amide bonds. The molecular weight excluding hydrogens is 590 g/mol. The summed E-state index contributed by atoms with van der Waals surface area (Å²) < 4.78 is 39.6. The second kappa shape index (κ2) is 15.5. The van der Waals surface area contributed by atoms with Gasteiger partial charge in [0.05, 0.1) is 16.8 Å². The molecule has 0 spiro atoms. The largest absolute Gasteiger partial charge is 0.456 e. The van der Waals surface area contributed by atoms with Gasteiger partial charge in [-0.05, 0) is 80.3 Å². The summed E-state index contributed by atoms with van der Waals surface area (Å²) in [5.41, 5.74) is 8.04. The molecule has 246 valence electrons. The zero-order valence-electron chi connectivity index (χ0n) is 27.1. The van der Waals surface area contributed by atoms with Crippen molar-refractivity contribution in [2.45, 2.75) is 83.9 Å². The van der Waals surface area contributed by atoms with Crippen molar-refractivity contribution in [2.75, 3.05) is 19.6 Å². The molecule has 4 rings (SSSR count). The lowest BCUT2D eigenvalue weighted by Gasteiger charge is -2.27. The zero-order valence-corrected chi connectivity index (χ0v) is 27.1. The van der Waals surface area contributed by atoms with Crippen molar-refractivity contribution in [3.05, 3.63) is 87.8 Å². The van der Waals surface area contributed by atoms with Crippen LogP contribution in [-0.2, 0) is 23.1 Å². The molecule has 3 aromatic rings. The standard InChI is InChI=1S/C36H44F2N4O4/c1-6-11-42(12-7-2)34(43)26-14-24(8-3)15-27(19-26)35(44)45-32(31(39)18-25-16-28(37)20-29(38)17-25)22-40-36(9-10-36)33-21-30(41-46-33)13-23(4)5/h3,14-17,19-21,23,31-32,40H,6-7,9-13,18,22,39H2,1-2,4-5H3/t31-,32+/m0/s1. The molecule has 1 aliphatic rings. The lowest BCUT2D eigenvalue weighted by molar-refractivity contribution is 0.0226. The van der Waals surface area contributed by atoms with Gasteiger partial charge < -0.3 is 25.2 Å². The van der Waals surface area contributed by atoms with Crippen molar-refractivity contribution >= 4 is 11.9 Å². The van der Waals surface area contributed by atoms with Crippen LogP contribution in [0.15, 0.2) is 47.0 Å². The highest BCUT2D eigenvalue weighted by Crippen LogP contribution is 2.45. The monoisotopic (exact) mass is 634 g/mol. The third kappa shape index (κ3) is 9.02. The SMILES string of the molecule is C#Cc1cc(C(=O)O[C@H](CNC2(c3cc(CC(C)C)no3)CC2)[C@@H](N)Cc2cc(F)cc(F)c2)cc(C(=O)N(CCC)CCC)c1. The molecule has 1 fully saturated rings. The summed E-state index contributed by atoms with van der Waals surface area (Å²) >= 11 is 0. The summed E-state index contributed by atoms with van der Waals surface area (Å²) in [6.45, 7) is 9.47. The van der Waals surface area contributed by atoms with E-state index in [1.54, 1.807) is 11.0 Å². The number of benzene rings is 2. The molecule has 0 unspecified atom stereocenters. The first-order valence-corrected chi connectivity index (χ1v) is 16.0. The number of rotatable bonds is 16. The Balaban J connectivity index is 1.58. The number of aromatic nitrogens is 1. The smallest absolute Gasteiger partial charge is 0.338 e. The minimum absolute atomic E-state index is 0.0409. The van der Waals surface area contributed by atoms with Gasteiger partial charge in [0.1, 0.15) is 17.7 Å². The van der Waals surface area contributed by atoms with E-state index < -0.39 is 35.3 Å². The Morgan fingerprint density at radius 2 is 1.70 bits per heavy atom. The van der Waals surface area contributed by atoms with Crippen LogP contribution in [0.4, 0.5) is 8.78 Å². The van der Waals surface area contributed by atoms with Crippen LogP contribution in [0.1, 0.15) is 96.7 Å². The van der Waals surface area contributed by atoms with E-state index in [-0.39, 0.29) is 30.0 Å². The van der Waals surface area contributed by atoms with Gasteiger partial charge in [0.25, 0.3) is 5.91 Å². The van der Waals surface area contributed by atoms with Crippen LogP contribution in [0, 0.1) is 29.9 Å². The molecule has 46 heavy (non-hydrogen) atoms. The highest BCUT2D eigenvalue weighted by atomic mass is 19.1. The van der Waals surface area contributed by atoms with Crippen LogP contribution in [0.5, 0.6) is 0 Å². The Bertz CT molecular complexity index is 1530. The number of ether oxygens (including phenoxy) is 1. The van der Waals surface area contributed by atoms with Gasteiger partial charge in [0.15, 0.2) is 5.76 Å². The van der Waals surface area contributed by atoms with E-state index in [0.29, 0.717) is 35.9 Å². The van der Waals surface area contributed by atoms with Crippen molar-refractivity contribution in [2.24, 2.45) is 11.7 Å². The van der Waals surface area contributed by atoms with Crippen LogP contribution in [0.25, 0.3) is 0 Å². The molecule has 0 saturated heterocycles. The molecule has 8 nitrogen and oxygen atoms in total. The summed E-state index contributed by atoms with van der Waals surface area (Å²) in [6.07, 6.45) is 8.74. The molecule has 0 aliphatic heterocycles. The molecule has 3 N–H and O–H groups in total. The quantitative estimate of drug-likeness (QED) is 0.152. The topological polar surface area (TPSA) is 111 Å². The number of amides is 1. The van der Waals surface area contributed by atoms with E-state index in [1.807, 2.05) is 19.9 Å². The summed E-state index contributed by atoms with van der Waals surface area (Å²) in [6, 6.07) is 8.87. The Morgan fingerprint density at radius 1 is 1.04 bits per heavy atom. The first-order valence-electron chi connectivity index (χ1n) is 16.0. The molecular formula is C36H44F2N4O4. The van der Waals surface area contributed by atoms with E-state index in [4.69, 9.17) is 21.4 Å². The van der Waals surface area contributed by atoms with Gasteiger partial charge in [-0.2, -0.15) is 0 Å². The Hall–Kier alpha value is -4.07. The predicted molar refractivity (Wildman–Crippen MR) is 172 cm³/mol. The minimum atomic E-state index is -0.917. The molecule has 2 aromatic carbocycles. The molecule has 1 saturated carbocycles. The van der Waals surface area contributed by atoms with Gasteiger partial charge in [-0.25, -0.2) is 13.6 Å². The number of carbonyl (C=O) groups excluding carboxylic acids is 2. The van der Waals surface area contributed by atoms with E-state index >= 15 is 0 Å². The Morgan fingerprint density at radius 3 is 2.28 bits per heavy atom. The van der Waals surface area contributed by atoms with Crippen LogP contribution in [0.3, 0.4) is 0 Å². The lowest BCUT2D eigenvalue weighted by Crippen LogP contribution is -2.48. The maximum absolute atomic E-state index is 14.0. The second-order valence-corrected chi connectivity index (χ2v) is 12.6. The van der Waals surface area contributed by atoms with Gasteiger partial charge >= 0.3 is 5.97 Å². The summed E-state index contributed by atoms with van der Waals surface area (Å²) in [4.78, 5) is 28.8. The molecule has 1 aliphatic carbocycles. The van der Waals surface area contributed by atoms with Crippen molar-refractivity contribution in [3.63, 3.8) is 0 Å². The number of terminal acetylenes is 1. The van der Waals surface area contributed by atoms with Crippen LogP contribution in [0.2, 0.25) is 0 Å². The number of halogens is 2. The first-order chi connectivity index (χ1) is 22.0. The van der Waals surface area contributed by atoms with Crippen molar-refractivity contribution in [3.8, 4) is 12.3 Å². The molecule has 2 atom stereocenters. The van der Waals surface area contributed by atoms with Crippen molar-refractivity contribution < 1.29 is 27.6 Å². The number of carbonyl (C=O) groups is 2. The van der Waals surface area contributed by atoms with Crippen molar-refractivity contribution in [1.29, 1.82) is 0 Å². The fourth-order valence-corrected chi connectivity index (χ4v) is 5.59. The first kappa shape index (κ1) is 34.8. The number of nitrogens with one attached hydrogen (secondary N) is 1. The normalized spacial score (nSPS) is 14.8. The van der Waals surface area contributed by atoms with Gasteiger partial charge in [0, 0.05) is 48.9 Å². The fraction of sp³-hybridized carbons (Fsp3) is 0.472. The molecule has 1 aromatic heterocycles.